The lowest BCUT2D eigenvalue weighted by Gasteiger charge is -2.20. The SMILES string of the molecule is CCN(CCc1ccccc1)C(=O)Cn1cnc(N)n1. The van der Waals surface area contributed by atoms with Crippen molar-refractivity contribution in [2.75, 3.05) is 18.8 Å². The van der Waals surface area contributed by atoms with Crippen molar-refractivity contribution in [2.45, 2.75) is 19.9 Å². The van der Waals surface area contributed by atoms with Crippen LogP contribution in [-0.4, -0.2) is 38.7 Å². The Morgan fingerprint density at radius 3 is 2.70 bits per heavy atom. The fraction of sp³-hybridized carbons (Fsp3) is 0.357. The molecule has 20 heavy (non-hydrogen) atoms. The van der Waals surface area contributed by atoms with Crippen molar-refractivity contribution in [3.05, 3.63) is 42.2 Å². The number of anilines is 1. The molecule has 6 nitrogen and oxygen atoms in total. The minimum Gasteiger partial charge on any atom is -0.367 e. The lowest BCUT2D eigenvalue weighted by atomic mass is 10.1. The lowest BCUT2D eigenvalue weighted by Crippen LogP contribution is -2.35. The number of nitrogen functional groups attached to an aromatic ring is 1. The largest absolute Gasteiger partial charge is 0.367 e. The van der Waals surface area contributed by atoms with Gasteiger partial charge in [0.05, 0.1) is 0 Å². The number of aromatic nitrogens is 3. The second kappa shape index (κ2) is 6.70. The second-order valence-corrected chi connectivity index (χ2v) is 4.51. The molecule has 1 heterocycles. The van der Waals surface area contributed by atoms with Gasteiger partial charge < -0.3 is 10.6 Å². The van der Waals surface area contributed by atoms with Crippen molar-refractivity contribution in [3.63, 3.8) is 0 Å². The van der Waals surface area contributed by atoms with E-state index in [0.29, 0.717) is 13.1 Å². The molecule has 0 aliphatic rings. The van der Waals surface area contributed by atoms with Gasteiger partial charge in [-0.2, -0.15) is 0 Å². The molecule has 0 bridgehead atoms. The molecule has 0 radical (unpaired) electrons. The molecular weight excluding hydrogens is 254 g/mol. The molecular formula is C14H19N5O. The van der Waals surface area contributed by atoms with Crippen LogP contribution in [0.4, 0.5) is 5.95 Å². The summed E-state index contributed by atoms with van der Waals surface area (Å²) in [6, 6.07) is 10.1. The number of nitrogens with zero attached hydrogens (tertiary/aromatic N) is 4. The third-order valence-corrected chi connectivity index (χ3v) is 3.10. The average molecular weight is 273 g/mol. The first-order valence-corrected chi connectivity index (χ1v) is 6.65. The number of hydrogen-bond acceptors (Lipinski definition) is 4. The number of hydrogen-bond donors (Lipinski definition) is 1. The van der Waals surface area contributed by atoms with E-state index in [1.54, 1.807) is 0 Å². The number of rotatable bonds is 6. The summed E-state index contributed by atoms with van der Waals surface area (Å²) in [5.74, 6) is 0.207. The molecule has 0 atom stereocenters. The monoisotopic (exact) mass is 273 g/mol. The van der Waals surface area contributed by atoms with E-state index < -0.39 is 0 Å². The van der Waals surface area contributed by atoms with Gasteiger partial charge in [-0.05, 0) is 18.9 Å². The van der Waals surface area contributed by atoms with Crippen molar-refractivity contribution in [2.24, 2.45) is 0 Å². The summed E-state index contributed by atoms with van der Waals surface area (Å²) in [6.45, 7) is 3.52. The number of carbonyl (C=O) groups excluding carboxylic acids is 1. The number of likely N-dealkylation sites (N-methyl/N-ethyl adjacent to an activating group) is 1. The minimum atomic E-state index is 0.0216. The van der Waals surface area contributed by atoms with Gasteiger partial charge in [0.2, 0.25) is 11.9 Å². The van der Waals surface area contributed by atoms with Crippen molar-refractivity contribution >= 4 is 11.9 Å². The molecule has 0 saturated carbocycles. The number of benzene rings is 1. The van der Waals surface area contributed by atoms with Gasteiger partial charge >= 0.3 is 0 Å². The zero-order valence-electron chi connectivity index (χ0n) is 11.6. The summed E-state index contributed by atoms with van der Waals surface area (Å²) in [4.78, 5) is 17.8. The van der Waals surface area contributed by atoms with Crippen LogP contribution < -0.4 is 5.73 Å². The quantitative estimate of drug-likeness (QED) is 0.850. The molecule has 0 fully saturated rings. The van der Waals surface area contributed by atoms with Crippen molar-refractivity contribution < 1.29 is 4.79 Å². The molecule has 0 aliphatic carbocycles. The molecule has 0 aliphatic heterocycles. The van der Waals surface area contributed by atoms with Crippen LogP contribution in [0.5, 0.6) is 0 Å². The van der Waals surface area contributed by atoms with Crippen LogP contribution >= 0.6 is 0 Å². The summed E-state index contributed by atoms with van der Waals surface area (Å²) >= 11 is 0. The first kappa shape index (κ1) is 14.0. The predicted octanol–water partition coefficient (Wildman–Crippen LogP) is 0.951. The number of carbonyl (C=O) groups is 1. The second-order valence-electron chi connectivity index (χ2n) is 4.51. The predicted molar refractivity (Wildman–Crippen MR) is 76.8 cm³/mol. The Hall–Kier alpha value is -2.37. The van der Waals surface area contributed by atoms with E-state index in [4.69, 9.17) is 5.73 Å². The Kier molecular flexibility index (Phi) is 4.70. The topological polar surface area (TPSA) is 77.0 Å². The Morgan fingerprint density at radius 2 is 2.10 bits per heavy atom. The molecule has 2 aromatic rings. The van der Waals surface area contributed by atoms with Crippen LogP contribution in [0, 0.1) is 0 Å². The maximum absolute atomic E-state index is 12.2. The van der Waals surface area contributed by atoms with E-state index >= 15 is 0 Å². The zero-order chi connectivity index (χ0) is 14.4. The third-order valence-electron chi connectivity index (χ3n) is 3.10. The van der Waals surface area contributed by atoms with E-state index in [9.17, 15) is 4.79 Å². The van der Waals surface area contributed by atoms with Crippen molar-refractivity contribution in [1.82, 2.24) is 19.7 Å². The van der Waals surface area contributed by atoms with Crippen LogP contribution in [0.1, 0.15) is 12.5 Å². The van der Waals surface area contributed by atoms with Gasteiger partial charge in [-0.15, -0.1) is 5.10 Å². The first-order valence-electron chi connectivity index (χ1n) is 6.65. The lowest BCUT2D eigenvalue weighted by molar-refractivity contribution is -0.131. The van der Waals surface area contributed by atoms with Crippen LogP contribution in [0.2, 0.25) is 0 Å². The maximum Gasteiger partial charge on any atom is 0.244 e. The molecule has 1 aromatic carbocycles. The molecule has 1 amide bonds. The van der Waals surface area contributed by atoms with Gasteiger partial charge in [0.25, 0.3) is 0 Å². The molecule has 6 heteroatoms. The molecule has 2 rings (SSSR count). The van der Waals surface area contributed by atoms with E-state index in [0.717, 1.165) is 6.42 Å². The summed E-state index contributed by atoms with van der Waals surface area (Å²) in [5, 5.41) is 3.92. The van der Waals surface area contributed by atoms with Gasteiger partial charge in [0.1, 0.15) is 12.9 Å². The highest BCUT2D eigenvalue weighted by molar-refractivity contribution is 5.75. The van der Waals surface area contributed by atoms with E-state index in [1.165, 1.54) is 16.6 Å². The van der Waals surface area contributed by atoms with Gasteiger partial charge in [-0.3, -0.25) is 4.79 Å². The van der Waals surface area contributed by atoms with Crippen LogP contribution in [0.3, 0.4) is 0 Å². The molecule has 0 saturated heterocycles. The standard InChI is InChI=1S/C14H19N5O/c1-2-18(9-8-12-6-4-3-5-7-12)13(20)10-19-11-16-14(15)17-19/h3-7,11H,2,8-10H2,1H3,(H2,15,17). The van der Waals surface area contributed by atoms with E-state index in [1.807, 2.05) is 30.0 Å². The maximum atomic E-state index is 12.2. The summed E-state index contributed by atoms with van der Waals surface area (Å²) in [6.07, 6.45) is 2.32. The zero-order valence-corrected chi connectivity index (χ0v) is 11.6. The summed E-state index contributed by atoms with van der Waals surface area (Å²) in [5.41, 5.74) is 6.66. The molecule has 106 valence electrons. The highest BCUT2D eigenvalue weighted by atomic mass is 16.2. The number of amides is 1. The highest BCUT2D eigenvalue weighted by Gasteiger charge is 2.12. The first-order chi connectivity index (χ1) is 9.69. The minimum absolute atomic E-state index is 0.0216. The van der Waals surface area contributed by atoms with Crippen LogP contribution in [-0.2, 0) is 17.8 Å². The van der Waals surface area contributed by atoms with Gasteiger partial charge in [-0.25, -0.2) is 9.67 Å². The normalized spacial score (nSPS) is 10.4. The fourth-order valence-electron chi connectivity index (χ4n) is 1.99. The molecule has 1 aromatic heterocycles. The Balaban J connectivity index is 1.89. The van der Waals surface area contributed by atoms with Crippen LogP contribution in [0.15, 0.2) is 36.7 Å². The highest BCUT2D eigenvalue weighted by Crippen LogP contribution is 2.02. The molecule has 0 unspecified atom stereocenters. The fourth-order valence-corrected chi connectivity index (χ4v) is 1.99. The summed E-state index contributed by atoms with van der Waals surface area (Å²) in [7, 11) is 0. The van der Waals surface area contributed by atoms with E-state index in [2.05, 4.69) is 22.2 Å². The Morgan fingerprint density at radius 1 is 1.35 bits per heavy atom. The molecule has 2 N–H and O–H groups in total. The third kappa shape index (κ3) is 3.81. The Labute approximate surface area is 118 Å². The van der Waals surface area contributed by atoms with E-state index in [-0.39, 0.29) is 18.4 Å². The smallest absolute Gasteiger partial charge is 0.244 e. The average Bonchev–Trinajstić information content (AvgIpc) is 2.86. The van der Waals surface area contributed by atoms with Crippen molar-refractivity contribution in [3.8, 4) is 0 Å². The van der Waals surface area contributed by atoms with Crippen molar-refractivity contribution in [1.29, 1.82) is 0 Å². The summed E-state index contributed by atoms with van der Waals surface area (Å²) < 4.78 is 1.46. The van der Waals surface area contributed by atoms with Gasteiger partial charge in [0, 0.05) is 13.1 Å². The van der Waals surface area contributed by atoms with Crippen LogP contribution in [0.25, 0.3) is 0 Å². The Bertz CT molecular complexity index is 552. The molecule has 0 spiro atoms. The van der Waals surface area contributed by atoms with Gasteiger partial charge in [-0.1, -0.05) is 30.3 Å². The number of nitrogens with two attached hydrogens (primary N) is 1. The van der Waals surface area contributed by atoms with Gasteiger partial charge in [0.15, 0.2) is 0 Å².